The average Bonchev–Trinajstić information content (AvgIpc) is 3.32. The molecule has 4 rings (SSSR count). The maximum absolute atomic E-state index is 14.5. The highest BCUT2D eigenvalue weighted by Gasteiger charge is 2.53. The normalized spacial score (nSPS) is 38.4. The second-order valence-corrected chi connectivity index (χ2v) is 24.9. The van der Waals surface area contributed by atoms with Crippen LogP contribution in [0.15, 0.2) is 36.5 Å². The molecule has 0 saturated carbocycles. The topological polar surface area (TPSA) is 182 Å². The van der Waals surface area contributed by atoms with Crippen molar-refractivity contribution >= 4 is 32.0 Å². The molecule has 4 heterocycles. The fourth-order valence-corrected chi connectivity index (χ4v) is 13.6. The summed E-state index contributed by atoms with van der Waals surface area (Å²) in [6.07, 6.45) is -1.07. The summed E-state index contributed by atoms with van der Waals surface area (Å²) in [6, 6.07) is 2.24. The summed E-state index contributed by atoms with van der Waals surface area (Å²) in [5, 5.41) is 0. The largest absolute Gasteiger partial charge is 0.462 e. The summed E-state index contributed by atoms with van der Waals surface area (Å²) < 4.78 is 77.0. The van der Waals surface area contributed by atoms with Gasteiger partial charge in [-0.25, -0.2) is 0 Å². The van der Waals surface area contributed by atoms with Crippen molar-refractivity contribution in [2.24, 2.45) is 23.7 Å². The van der Waals surface area contributed by atoms with Gasteiger partial charge in [-0.2, -0.15) is 0 Å². The third-order valence-electron chi connectivity index (χ3n) is 15.0. The molecule has 0 aromatic heterocycles. The SMILES string of the molecule is C=CC1COCC[C@H]2C[C@@H](C)C(=O)/C=C/C(C)=C/[C@H](CO[C@@H]3OC(C)[C@@H](O[Si](CC)(CC)CC)[C@H](OC)C3OC)[C@@H](CC)OC(=O)C[C@@H](O1)[C@H](C)[C@H]2O[C@@H]1OC(C)[C@@H](OC(C)=O)C(N(C)C)C1OC(C)=O. The molecule has 0 spiro atoms. The van der Waals surface area contributed by atoms with E-state index in [2.05, 4.69) is 27.4 Å². The van der Waals surface area contributed by atoms with Crippen LogP contribution in [0.5, 0.6) is 0 Å². The number of fused-ring (bicyclic) bond motifs is 3. The smallest absolute Gasteiger partial charge is 0.308 e. The summed E-state index contributed by atoms with van der Waals surface area (Å²) in [5.41, 5.74) is 0.775. The third kappa shape index (κ3) is 16.3. The summed E-state index contributed by atoms with van der Waals surface area (Å²) in [7, 11) is 4.80. The summed E-state index contributed by atoms with van der Waals surface area (Å²) in [5.74, 6) is -3.53. The zero-order valence-corrected chi connectivity index (χ0v) is 46.5. The van der Waals surface area contributed by atoms with Gasteiger partial charge in [-0.3, -0.25) is 24.1 Å². The minimum Gasteiger partial charge on any atom is -0.462 e. The molecule has 0 amide bonds. The van der Waals surface area contributed by atoms with Crippen LogP contribution in [0.25, 0.3) is 0 Å². The number of cyclic esters (lactones) is 1. The summed E-state index contributed by atoms with van der Waals surface area (Å²) >= 11 is 0. The average molecular weight is 1020 g/mol. The maximum Gasteiger partial charge on any atom is 0.308 e. The van der Waals surface area contributed by atoms with Crippen LogP contribution in [0.1, 0.15) is 102 Å². The Morgan fingerprint density at radius 3 is 2.03 bits per heavy atom. The van der Waals surface area contributed by atoms with Gasteiger partial charge in [0.2, 0.25) is 0 Å². The number of allylic oxidation sites excluding steroid dienone is 3. The lowest BCUT2D eigenvalue weighted by Crippen LogP contribution is -2.65. The van der Waals surface area contributed by atoms with Gasteiger partial charge in [0, 0.05) is 52.4 Å². The molecule has 6 unspecified atom stereocenters. The molecule has 0 aromatic rings. The number of hydrogen-bond donors (Lipinski definition) is 0. The van der Waals surface area contributed by atoms with Crippen molar-refractivity contribution in [1.82, 2.24) is 4.90 Å². The predicted octanol–water partition coefficient (Wildman–Crippen LogP) is 7.14. The molecule has 18 heteroatoms. The van der Waals surface area contributed by atoms with E-state index in [0.717, 1.165) is 23.7 Å². The molecule has 71 heavy (non-hydrogen) atoms. The Labute approximate surface area is 425 Å². The maximum atomic E-state index is 14.5. The Hall–Kier alpha value is -2.88. The van der Waals surface area contributed by atoms with Gasteiger partial charge in [0.05, 0.1) is 62.3 Å². The lowest BCUT2D eigenvalue weighted by atomic mass is 9.79. The number of nitrogens with zero attached hydrogens (tertiary/aromatic N) is 1. The minimum atomic E-state index is -2.06. The lowest BCUT2D eigenvalue weighted by Gasteiger charge is -2.49. The highest BCUT2D eigenvalue weighted by atomic mass is 28.4. The number of carbonyl (C=O) groups excluding carboxylic acids is 4. The van der Waals surface area contributed by atoms with Crippen LogP contribution < -0.4 is 0 Å². The van der Waals surface area contributed by atoms with E-state index < -0.39 is 118 Å². The molecule has 3 fully saturated rings. The van der Waals surface area contributed by atoms with E-state index in [1.165, 1.54) is 13.8 Å². The second kappa shape index (κ2) is 28.7. The number of ether oxygens (including phenoxy) is 11. The quantitative estimate of drug-likeness (QED) is 0.0620. The Morgan fingerprint density at radius 1 is 0.831 bits per heavy atom. The molecular weight excluding hydrogens is 935 g/mol. The molecule has 3 saturated heterocycles. The van der Waals surface area contributed by atoms with E-state index in [-0.39, 0.29) is 43.5 Å². The number of likely N-dealkylation sites (N-methyl/N-ethyl adjacent to an activating group) is 1. The molecule has 4 aliphatic rings. The number of esters is 3. The zero-order chi connectivity index (χ0) is 52.7. The Morgan fingerprint density at radius 2 is 1.45 bits per heavy atom. The molecule has 2 bridgehead atoms. The molecule has 0 aromatic carbocycles. The fourth-order valence-electron chi connectivity index (χ4n) is 10.7. The number of carbonyl (C=O) groups is 4. The zero-order valence-electron chi connectivity index (χ0n) is 45.5. The van der Waals surface area contributed by atoms with Gasteiger partial charge in [-0.05, 0) is 84.3 Å². The van der Waals surface area contributed by atoms with Crippen molar-refractivity contribution in [3.8, 4) is 0 Å². The first-order chi connectivity index (χ1) is 33.7. The summed E-state index contributed by atoms with van der Waals surface area (Å²) in [6.45, 7) is 25.2. The number of methoxy groups -OCH3 is 2. The van der Waals surface area contributed by atoms with Crippen molar-refractivity contribution in [3.63, 3.8) is 0 Å². The number of rotatable bonds is 17. The molecule has 17 nitrogen and oxygen atoms in total. The lowest BCUT2D eigenvalue weighted by molar-refractivity contribution is -0.309. The van der Waals surface area contributed by atoms with E-state index in [1.807, 2.05) is 45.6 Å². The van der Waals surface area contributed by atoms with Crippen molar-refractivity contribution < 1.29 is 75.7 Å². The van der Waals surface area contributed by atoms with E-state index in [1.54, 1.807) is 53.5 Å². The standard InChI is InChI=1S/C53H89NO16Si/c1-17-40-30-61-25-24-38-27-32(7)41(57)23-22-31(6)26-39(29-62-52-51(60-16)50(59-15)48(35(10)63-52)70-71(19-3,20-4)21-5)42(18-2)68-44(58)28-43(67-40)33(8)46(38)69-53-49(66-37(12)56)45(54(13)14)47(34(9)64-53)65-36(11)55/h17,22-23,26,32-35,38-40,42-43,45-53H,1,18-21,24-25,27-30H2,2-16H3/b23-22+,31-26+/t32-,33+,34?,35?,38+,39-,40?,42-,43-,45?,46-,47-,48-,49?,50+,51?,52-,53+/m1/s1. The van der Waals surface area contributed by atoms with Crippen LogP contribution in [0.4, 0.5) is 0 Å². The van der Waals surface area contributed by atoms with Crippen LogP contribution in [0, 0.1) is 23.7 Å². The van der Waals surface area contributed by atoms with Crippen molar-refractivity contribution in [1.29, 1.82) is 0 Å². The van der Waals surface area contributed by atoms with Crippen molar-refractivity contribution in [2.45, 2.75) is 206 Å². The van der Waals surface area contributed by atoms with Crippen LogP contribution in [-0.4, -0.2) is 171 Å². The van der Waals surface area contributed by atoms with E-state index in [4.69, 9.17) is 56.5 Å². The van der Waals surface area contributed by atoms with Crippen molar-refractivity contribution in [3.05, 3.63) is 36.5 Å². The highest BCUT2D eigenvalue weighted by molar-refractivity contribution is 6.73. The van der Waals surface area contributed by atoms with Crippen molar-refractivity contribution in [2.75, 3.05) is 48.1 Å². The molecule has 4 aliphatic heterocycles. The predicted molar refractivity (Wildman–Crippen MR) is 269 cm³/mol. The monoisotopic (exact) mass is 1020 g/mol. The van der Waals surface area contributed by atoms with Crippen LogP contribution in [0.2, 0.25) is 18.1 Å². The van der Waals surface area contributed by atoms with Crippen LogP contribution in [0.3, 0.4) is 0 Å². The fraction of sp³-hybridized carbons (Fsp3) is 0.811. The first-order valence-electron chi connectivity index (χ1n) is 26.0. The molecule has 0 N–H and O–H groups in total. The molecule has 0 aliphatic carbocycles. The van der Waals surface area contributed by atoms with E-state index in [0.29, 0.717) is 25.9 Å². The van der Waals surface area contributed by atoms with E-state index >= 15 is 0 Å². The third-order valence-corrected chi connectivity index (χ3v) is 19.7. The molecule has 18 atom stereocenters. The van der Waals surface area contributed by atoms with Gasteiger partial charge in [0.25, 0.3) is 0 Å². The van der Waals surface area contributed by atoms with E-state index in [9.17, 15) is 19.2 Å². The molecular formula is C53H89NO16Si. The molecule has 0 radical (unpaired) electrons. The van der Waals surface area contributed by atoms with Crippen LogP contribution in [-0.2, 0) is 75.7 Å². The first-order valence-corrected chi connectivity index (χ1v) is 28.5. The number of ketones is 1. The Balaban J connectivity index is 1.75. The first kappa shape index (κ1) is 60.7. The number of hydrogen-bond acceptors (Lipinski definition) is 17. The van der Waals surface area contributed by atoms with Gasteiger partial charge in [0.15, 0.2) is 32.8 Å². The van der Waals surface area contributed by atoms with Gasteiger partial charge >= 0.3 is 17.9 Å². The molecule has 406 valence electrons. The van der Waals surface area contributed by atoms with Gasteiger partial charge < -0.3 is 56.5 Å². The van der Waals surface area contributed by atoms with Gasteiger partial charge in [-0.15, -0.1) is 6.58 Å². The minimum absolute atomic E-state index is 0.0808. The van der Waals surface area contributed by atoms with Crippen LogP contribution >= 0.6 is 0 Å². The van der Waals surface area contributed by atoms with Gasteiger partial charge in [0.1, 0.15) is 24.4 Å². The van der Waals surface area contributed by atoms with Gasteiger partial charge in [-0.1, -0.05) is 65.3 Å². The summed E-state index contributed by atoms with van der Waals surface area (Å²) in [4.78, 5) is 55.6. The Bertz CT molecular complexity index is 1770. The highest BCUT2D eigenvalue weighted by Crippen LogP contribution is 2.39. The Kier molecular flexibility index (Phi) is 24.5. The second-order valence-electron chi connectivity index (χ2n) is 20.2.